The maximum absolute atomic E-state index is 13.1. The zero-order chi connectivity index (χ0) is 74.9. The number of carbonyl (C=O) groups is 4. The lowest BCUT2D eigenvalue weighted by molar-refractivity contribution is -0.161. The van der Waals surface area contributed by atoms with E-state index in [1.165, 1.54) is 257 Å². The van der Waals surface area contributed by atoms with Crippen LogP contribution in [-0.2, 0) is 65.4 Å². The molecule has 19 heteroatoms. The third-order valence-electron chi connectivity index (χ3n) is 19.5. The van der Waals surface area contributed by atoms with Gasteiger partial charge in [-0.2, -0.15) is 0 Å². The fourth-order valence-corrected chi connectivity index (χ4v) is 14.5. The van der Waals surface area contributed by atoms with Gasteiger partial charge in [-0.25, -0.2) is 9.13 Å². The van der Waals surface area contributed by atoms with Gasteiger partial charge in [0.05, 0.1) is 26.4 Å². The summed E-state index contributed by atoms with van der Waals surface area (Å²) in [5, 5.41) is 10.7. The molecule has 5 atom stereocenters. The summed E-state index contributed by atoms with van der Waals surface area (Å²) in [7, 11) is -9.92. The molecule has 0 aromatic rings. The largest absolute Gasteiger partial charge is 0.472 e. The van der Waals surface area contributed by atoms with Crippen LogP contribution in [0.1, 0.15) is 440 Å². The van der Waals surface area contributed by atoms with E-state index in [0.29, 0.717) is 25.7 Å². The maximum Gasteiger partial charge on any atom is 0.472 e. The number of esters is 4. The molecule has 3 N–H and O–H groups in total. The van der Waals surface area contributed by atoms with Crippen molar-refractivity contribution in [3.63, 3.8) is 0 Å². The summed E-state index contributed by atoms with van der Waals surface area (Å²) in [6, 6.07) is 0. The van der Waals surface area contributed by atoms with Gasteiger partial charge in [-0.05, 0) is 37.5 Å². The Labute approximate surface area is 626 Å². The zero-order valence-electron chi connectivity index (χ0n) is 66.9. The van der Waals surface area contributed by atoms with Gasteiger partial charge in [0.1, 0.15) is 19.3 Å². The number of hydrogen-bond acceptors (Lipinski definition) is 15. The van der Waals surface area contributed by atoms with E-state index in [1.807, 2.05) is 0 Å². The van der Waals surface area contributed by atoms with Gasteiger partial charge in [0.2, 0.25) is 0 Å². The highest BCUT2D eigenvalue weighted by atomic mass is 31.2. The number of unbranched alkanes of at least 4 members (excludes halogenated alkanes) is 52. The molecule has 0 aliphatic rings. The van der Waals surface area contributed by atoms with Crippen molar-refractivity contribution in [2.75, 3.05) is 39.6 Å². The normalized spacial score (nSPS) is 13.9. The first-order chi connectivity index (χ1) is 49.4. The quantitative estimate of drug-likeness (QED) is 0.0222. The first-order valence-electron chi connectivity index (χ1n) is 43.0. The van der Waals surface area contributed by atoms with Crippen LogP contribution in [0.4, 0.5) is 0 Å². The van der Waals surface area contributed by atoms with Crippen molar-refractivity contribution in [3.05, 3.63) is 0 Å². The molecule has 0 fully saturated rings. The Morgan fingerprint density at radius 2 is 0.451 bits per heavy atom. The van der Waals surface area contributed by atoms with Gasteiger partial charge in [0.15, 0.2) is 12.2 Å². The standard InChI is InChI=1S/C83H162O17P2/c1-7-9-11-13-15-17-19-20-23-31-37-43-49-55-61-67-82(87)99-78(71-93-80(85)65-59-53-47-41-33-18-16-14-12-10-8-2)73-97-101(89,90)95-69-77(84)70-96-102(91,92)98-74-79(100-83(88)68-62-56-50-44-38-32-27-22-25-29-35-40-46-52-58-64-76(5)6)72-94-81(86)66-60-54-48-42-36-30-26-21-24-28-34-39-45-51-57-63-75(3)4/h75-79,84H,7-74H2,1-6H3,(H,89,90)(H,91,92)/t77-,78+,79+/m0/s1. The number of phosphoric acid groups is 2. The highest BCUT2D eigenvalue weighted by molar-refractivity contribution is 7.47. The van der Waals surface area contributed by atoms with Crippen LogP contribution in [0.15, 0.2) is 0 Å². The van der Waals surface area contributed by atoms with Crippen LogP contribution in [-0.4, -0.2) is 96.7 Å². The molecule has 0 radical (unpaired) electrons. The molecular weight excluding hydrogens is 1330 g/mol. The molecular formula is C83H162O17P2. The van der Waals surface area contributed by atoms with E-state index in [0.717, 1.165) is 102 Å². The second-order valence-corrected chi connectivity index (χ2v) is 33.7. The van der Waals surface area contributed by atoms with Crippen LogP contribution < -0.4 is 0 Å². The molecule has 102 heavy (non-hydrogen) atoms. The first kappa shape index (κ1) is 100. The van der Waals surface area contributed by atoms with Crippen molar-refractivity contribution in [3.8, 4) is 0 Å². The van der Waals surface area contributed by atoms with Crippen molar-refractivity contribution >= 4 is 39.5 Å². The lowest BCUT2D eigenvalue weighted by Gasteiger charge is -2.21. The summed E-state index contributed by atoms with van der Waals surface area (Å²) in [6.07, 6.45) is 65.1. The number of aliphatic hydroxyl groups is 1. The number of rotatable bonds is 82. The van der Waals surface area contributed by atoms with Gasteiger partial charge in [0.25, 0.3) is 0 Å². The third kappa shape index (κ3) is 76.3. The van der Waals surface area contributed by atoms with E-state index >= 15 is 0 Å². The molecule has 2 unspecified atom stereocenters. The van der Waals surface area contributed by atoms with Crippen LogP contribution in [0.25, 0.3) is 0 Å². The van der Waals surface area contributed by atoms with Crippen LogP contribution in [0.3, 0.4) is 0 Å². The molecule has 0 amide bonds. The highest BCUT2D eigenvalue weighted by Gasteiger charge is 2.30. The Bertz CT molecular complexity index is 1960. The summed E-state index contributed by atoms with van der Waals surface area (Å²) in [5.74, 6) is -0.494. The molecule has 17 nitrogen and oxygen atoms in total. The summed E-state index contributed by atoms with van der Waals surface area (Å²) in [5.41, 5.74) is 0. The fraction of sp³-hybridized carbons (Fsp3) is 0.952. The Balaban J connectivity index is 5.25. The minimum Gasteiger partial charge on any atom is -0.462 e. The summed E-state index contributed by atoms with van der Waals surface area (Å²) in [6.45, 7) is 9.71. The molecule has 0 heterocycles. The number of carbonyl (C=O) groups excluding carboxylic acids is 4. The second-order valence-electron chi connectivity index (χ2n) is 30.8. The van der Waals surface area contributed by atoms with Crippen molar-refractivity contribution in [2.45, 2.75) is 458 Å². The second kappa shape index (κ2) is 74.5. The Morgan fingerprint density at radius 3 is 0.667 bits per heavy atom. The molecule has 0 saturated carbocycles. The first-order valence-corrected chi connectivity index (χ1v) is 46.0. The Morgan fingerprint density at radius 1 is 0.265 bits per heavy atom. The zero-order valence-corrected chi connectivity index (χ0v) is 68.7. The van der Waals surface area contributed by atoms with E-state index in [4.69, 9.17) is 37.0 Å². The molecule has 0 aromatic carbocycles. The summed E-state index contributed by atoms with van der Waals surface area (Å²) >= 11 is 0. The average molecular weight is 1490 g/mol. The van der Waals surface area contributed by atoms with Gasteiger partial charge in [-0.15, -0.1) is 0 Å². The number of phosphoric ester groups is 2. The lowest BCUT2D eigenvalue weighted by atomic mass is 10.0. The highest BCUT2D eigenvalue weighted by Crippen LogP contribution is 2.45. The number of ether oxygens (including phenoxy) is 4. The topological polar surface area (TPSA) is 237 Å². The van der Waals surface area contributed by atoms with Gasteiger partial charge in [0, 0.05) is 25.7 Å². The van der Waals surface area contributed by atoms with E-state index in [-0.39, 0.29) is 25.7 Å². The lowest BCUT2D eigenvalue weighted by Crippen LogP contribution is -2.30. The van der Waals surface area contributed by atoms with Crippen LogP contribution >= 0.6 is 15.6 Å². The summed E-state index contributed by atoms with van der Waals surface area (Å²) < 4.78 is 68.8. The molecule has 0 saturated heterocycles. The fourth-order valence-electron chi connectivity index (χ4n) is 12.9. The van der Waals surface area contributed by atoms with Crippen molar-refractivity contribution in [2.24, 2.45) is 11.8 Å². The van der Waals surface area contributed by atoms with E-state index < -0.39 is 97.5 Å². The van der Waals surface area contributed by atoms with E-state index in [9.17, 15) is 43.2 Å². The minimum atomic E-state index is -4.96. The van der Waals surface area contributed by atoms with Gasteiger partial charge in [-0.3, -0.25) is 37.3 Å². The smallest absolute Gasteiger partial charge is 0.462 e. The monoisotopic (exact) mass is 1490 g/mol. The van der Waals surface area contributed by atoms with Crippen molar-refractivity contribution in [1.82, 2.24) is 0 Å². The molecule has 606 valence electrons. The van der Waals surface area contributed by atoms with Gasteiger partial charge < -0.3 is 33.8 Å². The SMILES string of the molecule is CCCCCCCCCCCCCCCCCC(=O)O[C@H](COC(=O)CCCCCCCCCCCCC)COP(=O)(O)OC[C@H](O)COP(=O)(O)OC[C@@H](COC(=O)CCCCCCCCCCCCCCCCCC(C)C)OC(=O)CCCCCCCCCCCCCCCCCC(C)C. The van der Waals surface area contributed by atoms with Gasteiger partial charge >= 0.3 is 39.5 Å². The molecule has 0 aromatic heterocycles. The van der Waals surface area contributed by atoms with Crippen molar-refractivity contribution < 1.29 is 80.2 Å². The summed E-state index contributed by atoms with van der Waals surface area (Å²) in [4.78, 5) is 73.1. The molecule has 0 aliphatic carbocycles. The maximum atomic E-state index is 13.1. The molecule has 0 spiro atoms. The Hall–Kier alpha value is -1.94. The minimum absolute atomic E-state index is 0.108. The third-order valence-corrected chi connectivity index (χ3v) is 21.4. The van der Waals surface area contributed by atoms with Gasteiger partial charge in [-0.1, -0.05) is 388 Å². The predicted molar refractivity (Wildman–Crippen MR) is 418 cm³/mol. The van der Waals surface area contributed by atoms with E-state index in [1.54, 1.807) is 0 Å². The van der Waals surface area contributed by atoms with Crippen LogP contribution in [0.2, 0.25) is 0 Å². The van der Waals surface area contributed by atoms with Crippen LogP contribution in [0, 0.1) is 11.8 Å². The van der Waals surface area contributed by atoms with E-state index in [2.05, 4.69) is 41.5 Å². The van der Waals surface area contributed by atoms with Crippen molar-refractivity contribution in [1.29, 1.82) is 0 Å². The average Bonchev–Trinajstić information content (AvgIpc) is 0.917. The predicted octanol–water partition coefficient (Wildman–Crippen LogP) is 25.1. The molecule has 0 aliphatic heterocycles. The van der Waals surface area contributed by atoms with Crippen LogP contribution in [0.5, 0.6) is 0 Å². The molecule has 0 bridgehead atoms. The number of aliphatic hydroxyl groups excluding tert-OH is 1. The number of hydrogen-bond donors (Lipinski definition) is 3. The Kier molecular flexibility index (Phi) is 73.1. The molecule has 0 rings (SSSR count).